The van der Waals surface area contributed by atoms with Crippen molar-refractivity contribution in [1.29, 1.82) is 0 Å². The molecule has 3 N–H and O–H groups in total. The second-order valence-corrected chi connectivity index (χ2v) is 4.81. The predicted octanol–water partition coefficient (Wildman–Crippen LogP) is 2.74. The Kier molecular flexibility index (Phi) is 4.32. The Balaban J connectivity index is 2.48. The van der Waals surface area contributed by atoms with Gasteiger partial charge in [-0.1, -0.05) is 11.2 Å². The van der Waals surface area contributed by atoms with Crippen molar-refractivity contribution in [3.8, 4) is 0 Å². The summed E-state index contributed by atoms with van der Waals surface area (Å²) in [7, 11) is 0. The molecule has 0 saturated carbocycles. The molecule has 0 aliphatic heterocycles. The van der Waals surface area contributed by atoms with Crippen molar-refractivity contribution in [3.05, 3.63) is 47.8 Å². The zero-order valence-corrected chi connectivity index (χ0v) is 11.2. The molecule has 0 atom stereocenters. The first-order valence-corrected chi connectivity index (χ1v) is 6.38. The molecule has 2 aromatic rings. The number of amidine groups is 1. The number of pyridine rings is 2. The number of oxime groups is 1. The monoisotopic (exact) mass is 314 g/mol. The van der Waals surface area contributed by atoms with Crippen molar-refractivity contribution in [3.63, 3.8) is 0 Å². The molecule has 0 saturated heterocycles. The van der Waals surface area contributed by atoms with E-state index in [9.17, 15) is 13.2 Å². The third kappa shape index (κ3) is 3.63. The van der Waals surface area contributed by atoms with Crippen LogP contribution in [0.15, 0.2) is 51.7 Å². The molecule has 2 rings (SSSR count). The standard InChI is InChI=1S/C12H9F3N4OS/c13-12(14,15)8-5-4-7(10(16)19-20)11(18-8)21-9-3-1-2-6-17-9/h1-6,20H,(H2,16,19). The van der Waals surface area contributed by atoms with E-state index >= 15 is 0 Å². The Bertz CT molecular complexity index is 661. The van der Waals surface area contributed by atoms with Crippen LogP contribution in [0.25, 0.3) is 0 Å². The van der Waals surface area contributed by atoms with Gasteiger partial charge in [0.25, 0.3) is 0 Å². The Morgan fingerprint density at radius 1 is 1.24 bits per heavy atom. The lowest BCUT2D eigenvalue weighted by molar-refractivity contribution is -0.141. The summed E-state index contributed by atoms with van der Waals surface area (Å²) in [6.45, 7) is 0. The van der Waals surface area contributed by atoms with Crippen LogP contribution in [0.5, 0.6) is 0 Å². The molecule has 21 heavy (non-hydrogen) atoms. The minimum absolute atomic E-state index is 0.0428. The van der Waals surface area contributed by atoms with Crippen molar-refractivity contribution in [2.24, 2.45) is 10.9 Å². The van der Waals surface area contributed by atoms with E-state index in [-0.39, 0.29) is 16.4 Å². The topological polar surface area (TPSA) is 84.4 Å². The van der Waals surface area contributed by atoms with E-state index in [4.69, 9.17) is 10.9 Å². The fourth-order valence-electron chi connectivity index (χ4n) is 1.43. The van der Waals surface area contributed by atoms with E-state index in [2.05, 4.69) is 15.1 Å². The van der Waals surface area contributed by atoms with Gasteiger partial charge in [0.1, 0.15) is 15.7 Å². The molecule has 0 spiro atoms. The van der Waals surface area contributed by atoms with Gasteiger partial charge in [0.15, 0.2) is 5.84 Å². The number of halogens is 3. The maximum absolute atomic E-state index is 12.7. The van der Waals surface area contributed by atoms with Gasteiger partial charge in [-0.2, -0.15) is 13.2 Å². The molecule has 0 fully saturated rings. The summed E-state index contributed by atoms with van der Waals surface area (Å²) >= 11 is 0.894. The third-order valence-electron chi connectivity index (χ3n) is 2.37. The van der Waals surface area contributed by atoms with E-state index in [0.717, 1.165) is 23.9 Å². The van der Waals surface area contributed by atoms with Gasteiger partial charge in [0.05, 0.1) is 5.56 Å². The summed E-state index contributed by atoms with van der Waals surface area (Å²) < 4.78 is 38.2. The zero-order valence-electron chi connectivity index (χ0n) is 10.4. The Morgan fingerprint density at radius 2 is 2.00 bits per heavy atom. The van der Waals surface area contributed by atoms with Crippen LogP contribution in [-0.4, -0.2) is 21.0 Å². The molecule has 2 aromatic heterocycles. The van der Waals surface area contributed by atoms with Crippen LogP contribution in [0.2, 0.25) is 0 Å². The van der Waals surface area contributed by atoms with Gasteiger partial charge in [-0.25, -0.2) is 9.97 Å². The van der Waals surface area contributed by atoms with Gasteiger partial charge in [0.2, 0.25) is 0 Å². The first-order valence-electron chi connectivity index (χ1n) is 5.57. The number of aromatic nitrogens is 2. The van der Waals surface area contributed by atoms with Crippen molar-refractivity contribution < 1.29 is 18.4 Å². The molecule has 0 unspecified atom stereocenters. The lowest BCUT2D eigenvalue weighted by Crippen LogP contribution is -2.17. The highest BCUT2D eigenvalue weighted by Gasteiger charge is 2.33. The summed E-state index contributed by atoms with van der Waals surface area (Å²) in [5, 5.41) is 11.9. The molecular formula is C12H9F3N4OS. The fraction of sp³-hybridized carbons (Fsp3) is 0.0833. The third-order valence-corrected chi connectivity index (χ3v) is 3.33. The maximum Gasteiger partial charge on any atom is 0.433 e. The van der Waals surface area contributed by atoms with Crippen molar-refractivity contribution >= 4 is 17.6 Å². The number of alkyl halides is 3. The molecule has 2 heterocycles. The van der Waals surface area contributed by atoms with E-state index in [0.29, 0.717) is 5.03 Å². The Morgan fingerprint density at radius 3 is 2.57 bits per heavy atom. The summed E-state index contributed by atoms with van der Waals surface area (Å²) in [5.41, 5.74) is 4.49. The first kappa shape index (κ1) is 15.1. The van der Waals surface area contributed by atoms with Crippen LogP contribution in [0.4, 0.5) is 13.2 Å². The molecular weight excluding hydrogens is 305 g/mol. The molecule has 0 bridgehead atoms. The average Bonchev–Trinajstić information content (AvgIpc) is 2.46. The summed E-state index contributed by atoms with van der Waals surface area (Å²) in [4.78, 5) is 7.52. The Labute approximate surface area is 121 Å². The largest absolute Gasteiger partial charge is 0.433 e. The smallest absolute Gasteiger partial charge is 0.409 e. The van der Waals surface area contributed by atoms with Crippen molar-refractivity contribution in [1.82, 2.24) is 9.97 Å². The summed E-state index contributed by atoms with van der Waals surface area (Å²) in [5.74, 6) is -0.324. The second-order valence-electron chi connectivity index (χ2n) is 3.80. The van der Waals surface area contributed by atoms with E-state index in [1.165, 1.54) is 6.20 Å². The number of hydrogen-bond donors (Lipinski definition) is 2. The number of nitrogens with two attached hydrogens (primary N) is 1. The second kappa shape index (κ2) is 6.00. The fourth-order valence-corrected chi connectivity index (χ4v) is 2.32. The van der Waals surface area contributed by atoms with Crippen molar-refractivity contribution in [2.45, 2.75) is 16.2 Å². The van der Waals surface area contributed by atoms with Gasteiger partial charge in [-0.3, -0.25) is 0 Å². The highest BCUT2D eigenvalue weighted by molar-refractivity contribution is 7.99. The van der Waals surface area contributed by atoms with E-state index < -0.39 is 11.9 Å². The highest BCUT2D eigenvalue weighted by Crippen LogP contribution is 2.33. The first-order chi connectivity index (χ1) is 9.91. The van der Waals surface area contributed by atoms with Crippen LogP contribution < -0.4 is 5.73 Å². The quantitative estimate of drug-likeness (QED) is 0.394. The molecule has 0 aliphatic rings. The van der Waals surface area contributed by atoms with Gasteiger partial charge >= 0.3 is 6.18 Å². The minimum atomic E-state index is -4.58. The molecule has 5 nitrogen and oxygen atoms in total. The van der Waals surface area contributed by atoms with Crippen LogP contribution >= 0.6 is 11.8 Å². The van der Waals surface area contributed by atoms with Crippen LogP contribution in [0, 0.1) is 0 Å². The molecule has 0 radical (unpaired) electrons. The lowest BCUT2D eigenvalue weighted by atomic mass is 10.2. The minimum Gasteiger partial charge on any atom is -0.409 e. The van der Waals surface area contributed by atoms with Crippen molar-refractivity contribution in [2.75, 3.05) is 0 Å². The molecule has 9 heteroatoms. The average molecular weight is 314 g/mol. The van der Waals surface area contributed by atoms with Crippen LogP contribution in [0.1, 0.15) is 11.3 Å². The number of nitrogens with zero attached hydrogens (tertiary/aromatic N) is 3. The molecule has 0 aliphatic carbocycles. The maximum atomic E-state index is 12.7. The zero-order chi connectivity index (χ0) is 15.5. The van der Waals surface area contributed by atoms with Gasteiger partial charge in [-0.05, 0) is 36.0 Å². The van der Waals surface area contributed by atoms with Gasteiger partial charge in [0, 0.05) is 6.20 Å². The number of hydrogen-bond acceptors (Lipinski definition) is 5. The SMILES string of the molecule is NC(=NO)c1ccc(C(F)(F)F)nc1Sc1ccccn1. The normalized spacial score (nSPS) is 12.4. The molecule has 0 amide bonds. The lowest BCUT2D eigenvalue weighted by Gasteiger charge is -2.11. The highest BCUT2D eigenvalue weighted by atomic mass is 32.2. The summed E-state index contributed by atoms with van der Waals surface area (Å²) in [6.07, 6.45) is -3.08. The molecule has 0 aromatic carbocycles. The van der Waals surface area contributed by atoms with Gasteiger partial charge in [-0.15, -0.1) is 0 Å². The molecule has 110 valence electrons. The van der Waals surface area contributed by atoms with E-state index in [1.807, 2.05) is 0 Å². The van der Waals surface area contributed by atoms with Crippen LogP contribution in [0.3, 0.4) is 0 Å². The predicted molar refractivity (Wildman–Crippen MR) is 70.1 cm³/mol. The summed E-state index contributed by atoms with van der Waals surface area (Å²) in [6, 6.07) is 6.86. The van der Waals surface area contributed by atoms with E-state index in [1.54, 1.807) is 18.2 Å². The van der Waals surface area contributed by atoms with Crippen LogP contribution in [-0.2, 0) is 6.18 Å². The Hall–Kier alpha value is -2.29. The number of rotatable bonds is 3. The van der Waals surface area contributed by atoms with Gasteiger partial charge < -0.3 is 10.9 Å².